The smallest absolute Gasteiger partial charge is 0.242 e. The largest absolute Gasteiger partial charge is 0.326 e. The third-order valence-corrected chi connectivity index (χ3v) is 5.85. The van der Waals surface area contributed by atoms with E-state index in [4.69, 9.17) is 11.6 Å². The number of sulfonamides is 1. The van der Waals surface area contributed by atoms with Crippen LogP contribution < -0.4 is 5.32 Å². The van der Waals surface area contributed by atoms with Crippen LogP contribution in [0.5, 0.6) is 0 Å². The summed E-state index contributed by atoms with van der Waals surface area (Å²) >= 11 is 6.03. The second-order valence-corrected chi connectivity index (χ2v) is 8.13. The highest BCUT2D eigenvalue weighted by Crippen LogP contribution is 2.23. The van der Waals surface area contributed by atoms with Crippen molar-refractivity contribution in [3.05, 3.63) is 58.6 Å². The molecule has 0 aliphatic carbocycles. The molecule has 0 aromatic heterocycles. The molecule has 0 atom stereocenters. The van der Waals surface area contributed by atoms with E-state index in [1.54, 1.807) is 30.3 Å². The zero-order valence-corrected chi connectivity index (χ0v) is 15.3. The van der Waals surface area contributed by atoms with Crippen molar-refractivity contribution >= 4 is 33.2 Å². The van der Waals surface area contributed by atoms with Crippen molar-refractivity contribution in [1.82, 2.24) is 4.31 Å². The summed E-state index contributed by atoms with van der Waals surface area (Å²) in [6.45, 7) is 1.83. The van der Waals surface area contributed by atoms with Gasteiger partial charge in [-0.25, -0.2) is 12.7 Å². The van der Waals surface area contributed by atoms with Crippen molar-refractivity contribution in [1.29, 1.82) is 0 Å². The minimum Gasteiger partial charge on any atom is -0.326 e. The fraction of sp³-hybridized carbons (Fsp3) is 0.235. The quantitative estimate of drug-likeness (QED) is 0.884. The highest BCUT2D eigenvalue weighted by Gasteiger charge is 2.17. The van der Waals surface area contributed by atoms with Crippen molar-refractivity contribution < 1.29 is 13.2 Å². The molecule has 0 heterocycles. The molecule has 24 heavy (non-hydrogen) atoms. The topological polar surface area (TPSA) is 66.5 Å². The van der Waals surface area contributed by atoms with Crippen LogP contribution >= 0.6 is 11.6 Å². The van der Waals surface area contributed by atoms with Gasteiger partial charge in [0.1, 0.15) is 0 Å². The summed E-state index contributed by atoms with van der Waals surface area (Å²) in [7, 11) is -0.511. The van der Waals surface area contributed by atoms with Gasteiger partial charge in [-0.15, -0.1) is 0 Å². The van der Waals surface area contributed by atoms with Gasteiger partial charge in [0.15, 0.2) is 0 Å². The molecule has 0 bridgehead atoms. The fourth-order valence-corrected chi connectivity index (χ4v) is 3.19. The van der Waals surface area contributed by atoms with E-state index in [1.165, 1.54) is 26.2 Å². The van der Waals surface area contributed by atoms with Crippen molar-refractivity contribution in [2.24, 2.45) is 0 Å². The summed E-state index contributed by atoms with van der Waals surface area (Å²) in [6, 6.07) is 11.6. The third-order valence-electron chi connectivity index (χ3n) is 3.61. The molecule has 2 rings (SSSR count). The molecule has 2 aromatic rings. The van der Waals surface area contributed by atoms with Gasteiger partial charge in [0.05, 0.1) is 11.3 Å². The van der Waals surface area contributed by atoms with Crippen LogP contribution in [0.4, 0.5) is 5.69 Å². The van der Waals surface area contributed by atoms with Gasteiger partial charge in [0, 0.05) is 24.8 Å². The molecule has 0 radical (unpaired) electrons. The van der Waals surface area contributed by atoms with E-state index in [-0.39, 0.29) is 17.2 Å². The minimum atomic E-state index is -3.46. The zero-order valence-electron chi connectivity index (χ0n) is 13.7. The Balaban J connectivity index is 2.09. The number of halogens is 1. The SMILES string of the molecule is Cc1c(Cl)cccc1NC(=O)Cc1ccc(S(=O)(=O)N(C)C)cc1. The monoisotopic (exact) mass is 366 g/mol. The lowest BCUT2D eigenvalue weighted by molar-refractivity contribution is -0.115. The van der Waals surface area contributed by atoms with E-state index in [2.05, 4.69) is 5.32 Å². The van der Waals surface area contributed by atoms with Gasteiger partial charge in [-0.3, -0.25) is 4.79 Å². The summed E-state index contributed by atoms with van der Waals surface area (Å²) in [5, 5.41) is 3.40. The summed E-state index contributed by atoms with van der Waals surface area (Å²) in [6.07, 6.45) is 0.147. The van der Waals surface area contributed by atoms with Gasteiger partial charge < -0.3 is 5.32 Å². The Hall–Kier alpha value is -1.89. The van der Waals surface area contributed by atoms with Crippen molar-refractivity contribution in [2.75, 3.05) is 19.4 Å². The summed E-state index contributed by atoms with van der Waals surface area (Å²) < 4.78 is 25.2. The van der Waals surface area contributed by atoms with Crippen molar-refractivity contribution in [2.45, 2.75) is 18.2 Å². The van der Waals surface area contributed by atoms with E-state index in [9.17, 15) is 13.2 Å². The van der Waals surface area contributed by atoms with Crippen LogP contribution in [0.3, 0.4) is 0 Å². The number of amides is 1. The maximum Gasteiger partial charge on any atom is 0.242 e. The van der Waals surface area contributed by atoms with Crippen LogP contribution in [-0.4, -0.2) is 32.7 Å². The average molecular weight is 367 g/mol. The normalized spacial score (nSPS) is 11.5. The van der Waals surface area contributed by atoms with Gasteiger partial charge in [-0.1, -0.05) is 29.8 Å². The van der Waals surface area contributed by atoms with Crippen LogP contribution in [0.15, 0.2) is 47.4 Å². The molecule has 0 spiro atoms. The molecule has 0 unspecified atom stereocenters. The molecule has 0 saturated carbocycles. The Bertz CT molecular complexity index is 847. The number of anilines is 1. The average Bonchev–Trinajstić information content (AvgIpc) is 2.52. The molecule has 128 valence electrons. The van der Waals surface area contributed by atoms with E-state index in [0.29, 0.717) is 10.7 Å². The van der Waals surface area contributed by atoms with Crippen molar-refractivity contribution in [3.8, 4) is 0 Å². The Morgan fingerprint density at radius 2 is 1.75 bits per heavy atom. The summed E-state index contributed by atoms with van der Waals surface area (Å²) in [5.74, 6) is -0.191. The van der Waals surface area contributed by atoms with E-state index in [0.717, 1.165) is 15.4 Å². The number of hydrogen-bond acceptors (Lipinski definition) is 3. The van der Waals surface area contributed by atoms with Gasteiger partial charge in [-0.05, 0) is 42.3 Å². The Morgan fingerprint density at radius 3 is 2.33 bits per heavy atom. The zero-order chi connectivity index (χ0) is 17.9. The minimum absolute atomic E-state index is 0.147. The first kappa shape index (κ1) is 18.4. The highest BCUT2D eigenvalue weighted by atomic mass is 35.5. The molecule has 2 aromatic carbocycles. The van der Waals surface area contributed by atoms with E-state index < -0.39 is 10.0 Å². The van der Waals surface area contributed by atoms with Crippen LogP contribution in [0.1, 0.15) is 11.1 Å². The molecule has 1 amide bonds. The standard InChI is InChI=1S/C17H19ClN2O3S/c1-12-15(18)5-4-6-16(12)19-17(21)11-13-7-9-14(10-8-13)24(22,23)20(2)3/h4-10H,11H2,1-3H3,(H,19,21). The summed E-state index contributed by atoms with van der Waals surface area (Å²) in [4.78, 5) is 12.4. The van der Waals surface area contributed by atoms with E-state index >= 15 is 0 Å². The maximum atomic E-state index is 12.2. The van der Waals surface area contributed by atoms with Gasteiger partial charge in [0.25, 0.3) is 0 Å². The molecule has 0 aliphatic heterocycles. The lowest BCUT2D eigenvalue weighted by atomic mass is 10.1. The molecule has 0 aliphatic rings. The van der Waals surface area contributed by atoms with Crippen LogP contribution in [0.2, 0.25) is 5.02 Å². The number of hydrogen-bond donors (Lipinski definition) is 1. The molecular formula is C17H19ClN2O3S. The molecular weight excluding hydrogens is 348 g/mol. The first-order chi connectivity index (χ1) is 11.2. The number of benzene rings is 2. The van der Waals surface area contributed by atoms with Crippen molar-refractivity contribution in [3.63, 3.8) is 0 Å². The Labute approximate surface area is 147 Å². The molecule has 1 N–H and O–H groups in total. The second-order valence-electron chi connectivity index (χ2n) is 5.57. The number of rotatable bonds is 5. The molecule has 0 fully saturated rings. The maximum absolute atomic E-state index is 12.2. The lowest BCUT2D eigenvalue weighted by Gasteiger charge is -2.12. The van der Waals surface area contributed by atoms with Crippen LogP contribution in [-0.2, 0) is 21.2 Å². The molecule has 5 nitrogen and oxygen atoms in total. The number of carbonyl (C=O) groups is 1. The Kier molecular flexibility index (Phi) is 5.64. The van der Waals surface area contributed by atoms with Gasteiger partial charge in [0.2, 0.25) is 15.9 Å². The lowest BCUT2D eigenvalue weighted by Crippen LogP contribution is -2.22. The third kappa shape index (κ3) is 4.14. The van der Waals surface area contributed by atoms with Crippen LogP contribution in [0, 0.1) is 6.92 Å². The first-order valence-corrected chi connectivity index (χ1v) is 9.10. The highest BCUT2D eigenvalue weighted by molar-refractivity contribution is 7.89. The number of carbonyl (C=O) groups excluding carboxylic acids is 1. The second kappa shape index (κ2) is 7.34. The number of nitrogens with one attached hydrogen (secondary N) is 1. The molecule has 0 saturated heterocycles. The fourth-order valence-electron chi connectivity index (χ4n) is 2.11. The Morgan fingerprint density at radius 1 is 1.12 bits per heavy atom. The summed E-state index contributed by atoms with van der Waals surface area (Å²) in [5.41, 5.74) is 2.20. The predicted molar refractivity (Wildman–Crippen MR) is 95.8 cm³/mol. The van der Waals surface area contributed by atoms with Crippen LogP contribution in [0.25, 0.3) is 0 Å². The van der Waals surface area contributed by atoms with Gasteiger partial charge in [-0.2, -0.15) is 0 Å². The van der Waals surface area contributed by atoms with Gasteiger partial charge >= 0.3 is 0 Å². The number of nitrogens with zero attached hydrogens (tertiary/aromatic N) is 1. The van der Waals surface area contributed by atoms with E-state index in [1.807, 2.05) is 6.92 Å². The first-order valence-electron chi connectivity index (χ1n) is 7.28. The predicted octanol–water partition coefficient (Wildman–Crippen LogP) is 3.08. The molecule has 7 heteroatoms.